The van der Waals surface area contributed by atoms with E-state index in [1.807, 2.05) is 6.92 Å². The molecule has 1 fully saturated rings. The normalized spacial score (nSPS) is 18.9. The predicted octanol–water partition coefficient (Wildman–Crippen LogP) is -0.357. The van der Waals surface area contributed by atoms with Crippen molar-refractivity contribution < 1.29 is 18.9 Å². The van der Waals surface area contributed by atoms with Crippen molar-refractivity contribution in [2.45, 2.75) is 20.3 Å². The van der Waals surface area contributed by atoms with Gasteiger partial charge in [0.2, 0.25) is 11.8 Å². The molecule has 1 aliphatic rings. The Morgan fingerprint density at radius 2 is 1.95 bits per heavy atom. The van der Waals surface area contributed by atoms with Gasteiger partial charge in [-0.1, -0.05) is 12.1 Å². The average molecular weight is 308 g/mol. The molecular formula is C14H20N4O4. The first-order chi connectivity index (χ1) is 10.4. The highest BCUT2D eigenvalue weighted by molar-refractivity contribution is 5.93. The second-order valence-corrected chi connectivity index (χ2v) is 5.35. The Hall–Kier alpha value is -2.38. The van der Waals surface area contributed by atoms with Gasteiger partial charge in [-0.3, -0.25) is 14.4 Å². The van der Waals surface area contributed by atoms with Gasteiger partial charge in [0.1, 0.15) is 5.76 Å². The van der Waals surface area contributed by atoms with E-state index in [9.17, 15) is 14.4 Å². The smallest absolute Gasteiger partial charge is 0.276 e. The topological polar surface area (TPSA) is 110 Å². The summed E-state index contributed by atoms with van der Waals surface area (Å²) in [7, 11) is 0. The summed E-state index contributed by atoms with van der Waals surface area (Å²) in [6.45, 7) is 4.43. The zero-order valence-corrected chi connectivity index (χ0v) is 12.7. The fourth-order valence-electron chi connectivity index (χ4n) is 2.41. The van der Waals surface area contributed by atoms with Crippen molar-refractivity contribution in [3.63, 3.8) is 0 Å². The third-order valence-corrected chi connectivity index (χ3v) is 3.78. The minimum absolute atomic E-state index is 0.143. The number of aromatic nitrogens is 1. The highest BCUT2D eigenvalue weighted by atomic mass is 16.5. The Morgan fingerprint density at radius 1 is 1.32 bits per heavy atom. The van der Waals surface area contributed by atoms with Gasteiger partial charge in [0.05, 0.1) is 5.92 Å². The molecule has 1 aliphatic heterocycles. The van der Waals surface area contributed by atoms with E-state index in [2.05, 4.69) is 5.16 Å². The van der Waals surface area contributed by atoms with Gasteiger partial charge in [-0.2, -0.15) is 0 Å². The van der Waals surface area contributed by atoms with Crippen molar-refractivity contribution >= 4 is 17.7 Å². The summed E-state index contributed by atoms with van der Waals surface area (Å²) in [6.07, 6.45) is 0.641. The maximum atomic E-state index is 12.5. The summed E-state index contributed by atoms with van der Waals surface area (Å²) in [6, 6.07) is 1.59. The van der Waals surface area contributed by atoms with Crippen molar-refractivity contribution in [1.29, 1.82) is 0 Å². The van der Waals surface area contributed by atoms with Crippen LogP contribution >= 0.6 is 0 Å². The molecule has 2 N–H and O–H groups in total. The lowest BCUT2D eigenvalue weighted by atomic mass is 10.1. The van der Waals surface area contributed by atoms with Gasteiger partial charge in [0.15, 0.2) is 5.69 Å². The molecule has 0 aliphatic carbocycles. The van der Waals surface area contributed by atoms with E-state index in [1.54, 1.807) is 6.07 Å². The second-order valence-electron chi connectivity index (χ2n) is 5.35. The van der Waals surface area contributed by atoms with Gasteiger partial charge in [0, 0.05) is 45.6 Å². The van der Waals surface area contributed by atoms with E-state index in [-0.39, 0.29) is 30.6 Å². The number of hydrogen-bond acceptors (Lipinski definition) is 5. The number of primary amides is 1. The standard InChI is InChI=1S/C14H20N4O4/c1-3-11-6-12(16-22-11)14(21)18-5-4-17(9(2)19)7-10(8-18)13(15)20/h6,10H,3-5,7-8H2,1-2H3,(H2,15,20). The molecule has 1 saturated heterocycles. The average Bonchev–Trinajstić information content (AvgIpc) is 2.83. The second kappa shape index (κ2) is 6.59. The molecule has 120 valence electrons. The molecule has 8 nitrogen and oxygen atoms in total. The number of carbonyl (C=O) groups excluding carboxylic acids is 3. The van der Waals surface area contributed by atoms with Gasteiger partial charge in [-0.15, -0.1) is 0 Å². The van der Waals surface area contributed by atoms with Gasteiger partial charge < -0.3 is 20.1 Å². The van der Waals surface area contributed by atoms with Crippen molar-refractivity contribution in [1.82, 2.24) is 15.0 Å². The first kappa shape index (κ1) is 16.0. The van der Waals surface area contributed by atoms with Crippen LogP contribution in [0.2, 0.25) is 0 Å². The van der Waals surface area contributed by atoms with E-state index in [1.165, 1.54) is 16.7 Å². The molecule has 1 unspecified atom stereocenters. The Kier molecular flexibility index (Phi) is 4.79. The fourth-order valence-corrected chi connectivity index (χ4v) is 2.41. The quantitative estimate of drug-likeness (QED) is 0.820. The van der Waals surface area contributed by atoms with Crippen molar-refractivity contribution in [2.24, 2.45) is 11.7 Å². The van der Waals surface area contributed by atoms with Crippen LogP contribution in [-0.2, 0) is 16.0 Å². The van der Waals surface area contributed by atoms with Crippen LogP contribution in [0.25, 0.3) is 0 Å². The van der Waals surface area contributed by atoms with Crippen LogP contribution in [0.3, 0.4) is 0 Å². The summed E-state index contributed by atoms with van der Waals surface area (Å²) in [5.41, 5.74) is 5.58. The molecule has 0 spiro atoms. The van der Waals surface area contributed by atoms with Crippen LogP contribution in [0, 0.1) is 5.92 Å². The van der Waals surface area contributed by atoms with Crippen LogP contribution in [-0.4, -0.2) is 58.9 Å². The summed E-state index contributed by atoms with van der Waals surface area (Å²) in [4.78, 5) is 38.6. The summed E-state index contributed by atoms with van der Waals surface area (Å²) >= 11 is 0. The van der Waals surface area contributed by atoms with Gasteiger partial charge >= 0.3 is 0 Å². The maximum Gasteiger partial charge on any atom is 0.276 e. The lowest BCUT2D eigenvalue weighted by molar-refractivity contribution is -0.130. The fraction of sp³-hybridized carbons (Fsp3) is 0.571. The largest absolute Gasteiger partial charge is 0.369 e. The number of rotatable bonds is 3. The zero-order chi connectivity index (χ0) is 16.3. The van der Waals surface area contributed by atoms with Crippen LogP contribution in [0.1, 0.15) is 30.1 Å². The van der Waals surface area contributed by atoms with Crippen LogP contribution in [0.4, 0.5) is 0 Å². The van der Waals surface area contributed by atoms with Gasteiger partial charge in [-0.25, -0.2) is 0 Å². The molecule has 0 radical (unpaired) electrons. The predicted molar refractivity (Wildman–Crippen MR) is 76.7 cm³/mol. The Labute approximate surface area is 128 Å². The van der Waals surface area contributed by atoms with E-state index in [0.29, 0.717) is 25.3 Å². The minimum Gasteiger partial charge on any atom is -0.369 e. The van der Waals surface area contributed by atoms with Crippen molar-refractivity contribution in [3.05, 3.63) is 17.5 Å². The molecule has 2 rings (SSSR count). The number of amides is 3. The molecule has 1 aromatic heterocycles. The first-order valence-corrected chi connectivity index (χ1v) is 7.22. The molecule has 0 aromatic carbocycles. The lowest BCUT2D eigenvalue weighted by Crippen LogP contribution is -2.41. The van der Waals surface area contributed by atoms with E-state index < -0.39 is 11.8 Å². The summed E-state index contributed by atoms with van der Waals surface area (Å²) in [5, 5.41) is 3.75. The number of hydrogen-bond donors (Lipinski definition) is 1. The van der Waals surface area contributed by atoms with Crippen LogP contribution in [0.15, 0.2) is 10.6 Å². The SMILES string of the molecule is CCc1cc(C(=O)N2CCN(C(C)=O)CC(C(N)=O)C2)no1. The highest BCUT2D eigenvalue weighted by Crippen LogP contribution is 2.14. The number of aryl methyl sites for hydroxylation is 1. The third-order valence-electron chi connectivity index (χ3n) is 3.78. The Bertz CT molecular complexity index is 583. The highest BCUT2D eigenvalue weighted by Gasteiger charge is 2.31. The number of nitrogens with two attached hydrogens (primary N) is 1. The van der Waals surface area contributed by atoms with E-state index in [0.717, 1.165) is 0 Å². The molecule has 3 amide bonds. The monoisotopic (exact) mass is 308 g/mol. The van der Waals surface area contributed by atoms with Crippen molar-refractivity contribution in [3.8, 4) is 0 Å². The molecule has 0 saturated carbocycles. The molecule has 22 heavy (non-hydrogen) atoms. The third kappa shape index (κ3) is 3.44. The Balaban J connectivity index is 2.17. The van der Waals surface area contributed by atoms with E-state index in [4.69, 9.17) is 10.3 Å². The maximum absolute atomic E-state index is 12.5. The van der Waals surface area contributed by atoms with Crippen LogP contribution in [0.5, 0.6) is 0 Å². The molecule has 1 atom stereocenters. The zero-order valence-electron chi connectivity index (χ0n) is 12.7. The minimum atomic E-state index is -0.590. The molecular weight excluding hydrogens is 288 g/mol. The molecule has 2 heterocycles. The van der Waals surface area contributed by atoms with Crippen LogP contribution < -0.4 is 5.73 Å². The molecule has 0 bridgehead atoms. The first-order valence-electron chi connectivity index (χ1n) is 7.22. The number of carbonyl (C=O) groups is 3. The lowest BCUT2D eigenvalue weighted by Gasteiger charge is -2.21. The summed E-state index contributed by atoms with van der Waals surface area (Å²) in [5.74, 6) is -0.960. The number of nitrogens with zero attached hydrogens (tertiary/aromatic N) is 3. The molecule has 1 aromatic rings. The molecule has 8 heteroatoms. The Morgan fingerprint density at radius 3 is 2.50 bits per heavy atom. The summed E-state index contributed by atoms with van der Waals surface area (Å²) < 4.78 is 5.04. The van der Waals surface area contributed by atoms with Gasteiger partial charge in [-0.05, 0) is 0 Å². The van der Waals surface area contributed by atoms with E-state index >= 15 is 0 Å². The van der Waals surface area contributed by atoms with Gasteiger partial charge in [0.25, 0.3) is 5.91 Å². The van der Waals surface area contributed by atoms with Crippen molar-refractivity contribution in [2.75, 3.05) is 26.2 Å².